The summed E-state index contributed by atoms with van der Waals surface area (Å²) < 4.78 is 5.86. The lowest BCUT2D eigenvalue weighted by atomic mass is 9.87. The summed E-state index contributed by atoms with van der Waals surface area (Å²) in [5.41, 5.74) is 6.92. The first-order valence-electron chi connectivity index (χ1n) is 9.49. The molecule has 0 aliphatic heterocycles. The van der Waals surface area contributed by atoms with Crippen LogP contribution in [0, 0.1) is 11.5 Å². The average Bonchev–Trinajstić information content (AvgIpc) is 2.96. The molecule has 0 spiro atoms. The highest BCUT2D eigenvalue weighted by atomic mass is 28.3. The van der Waals surface area contributed by atoms with Crippen molar-refractivity contribution in [3.63, 3.8) is 0 Å². The SMILES string of the molecule is CC(C)[Si](C#Cc1coc(C2CCCCC2)c1)(C(C)C)C(C)C. The molecule has 0 atom stereocenters. The summed E-state index contributed by atoms with van der Waals surface area (Å²) >= 11 is 0. The third kappa shape index (κ3) is 3.94. The van der Waals surface area contributed by atoms with E-state index in [2.05, 4.69) is 59.1 Å². The number of furan rings is 1. The van der Waals surface area contributed by atoms with Gasteiger partial charge in [0, 0.05) is 5.92 Å². The van der Waals surface area contributed by atoms with Gasteiger partial charge < -0.3 is 4.42 Å². The Morgan fingerprint density at radius 3 is 2.04 bits per heavy atom. The summed E-state index contributed by atoms with van der Waals surface area (Å²) in [5, 5.41) is 0. The van der Waals surface area contributed by atoms with E-state index in [0.717, 1.165) is 5.56 Å². The highest BCUT2D eigenvalue weighted by Crippen LogP contribution is 2.41. The Balaban J connectivity index is 2.23. The number of hydrogen-bond acceptors (Lipinski definition) is 1. The number of hydrogen-bond donors (Lipinski definition) is 0. The molecule has 1 aliphatic carbocycles. The van der Waals surface area contributed by atoms with Crippen LogP contribution in [-0.2, 0) is 0 Å². The van der Waals surface area contributed by atoms with Gasteiger partial charge in [0.25, 0.3) is 0 Å². The van der Waals surface area contributed by atoms with Crippen molar-refractivity contribution >= 4 is 8.07 Å². The predicted molar refractivity (Wildman–Crippen MR) is 102 cm³/mol. The fourth-order valence-electron chi connectivity index (χ4n) is 4.63. The van der Waals surface area contributed by atoms with Gasteiger partial charge in [-0.15, -0.1) is 5.54 Å². The van der Waals surface area contributed by atoms with Crippen LogP contribution in [0.25, 0.3) is 0 Å². The van der Waals surface area contributed by atoms with E-state index in [1.165, 1.54) is 37.9 Å². The van der Waals surface area contributed by atoms with E-state index < -0.39 is 8.07 Å². The Labute approximate surface area is 144 Å². The molecular formula is C21H34OSi. The minimum absolute atomic E-state index is 0.626. The Hall–Kier alpha value is -0.943. The van der Waals surface area contributed by atoms with E-state index >= 15 is 0 Å². The molecule has 0 amide bonds. The Morgan fingerprint density at radius 1 is 0.957 bits per heavy atom. The smallest absolute Gasteiger partial charge is 0.146 e. The van der Waals surface area contributed by atoms with Gasteiger partial charge in [0.05, 0.1) is 5.56 Å². The van der Waals surface area contributed by atoms with Crippen molar-refractivity contribution in [2.24, 2.45) is 0 Å². The van der Waals surface area contributed by atoms with Gasteiger partial charge in [0.15, 0.2) is 0 Å². The molecule has 1 nitrogen and oxygen atoms in total. The zero-order chi connectivity index (χ0) is 17.0. The second-order valence-electron chi connectivity index (χ2n) is 8.22. The maximum atomic E-state index is 5.86. The van der Waals surface area contributed by atoms with E-state index in [1.54, 1.807) is 0 Å². The van der Waals surface area contributed by atoms with E-state index in [-0.39, 0.29) is 0 Å². The van der Waals surface area contributed by atoms with Crippen LogP contribution in [0.15, 0.2) is 16.7 Å². The van der Waals surface area contributed by atoms with Crippen LogP contribution < -0.4 is 0 Å². The van der Waals surface area contributed by atoms with Crippen molar-refractivity contribution in [3.8, 4) is 11.5 Å². The molecule has 128 valence electrons. The lowest BCUT2D eigenvalue weighted by Gasteiger charge is -2.38. The molecule has 1 aromatic rings. The molecule has 1 heterocycles. The van der Waals surface area contributed by atoms with Crippen LogP contribution in [0.4, 0.5) is 0 Å². The van der Waals surface area contributed by atoms with Gasteiger partial charge in [-0.2, -0.15) is 0 Å². The lowest BCUT2D eigenvalue weighted by Crippen LogP contribution is -2.43. The molecule has 1 fully saturated rings. The molecule has 2 rings (SSSR count). The standard InChI is InChI=1S/C21H34OSi/c1-16(2)23(17(3)4,18(5)6)13-12-19-14-21(22-15-19)20-10-8-7-9-11-20/h14-18,20H,7-11H2,1-6H3. The van der Waals surface area contributed by atoms with Gasteiger partial charge in [0.2, 0.25) is 0 Å². The molecule has 0 aromatic carbocycles. The lowest BCUT2D eigenvalue weighted by molar-refractivity contribution is 0.374. The predicted octanol–water partition coefficient (Wildman–Crippen LogP) is 6.90. The van der Waals surface area contributed by atoms with E-state index in [9.17, 15) is 0 Å². The quantitative estimate of drug-likeness (QED) is 0.432. The molecule has 1 aliphatic rings. The van der Waals surface area contributed by atoms with Gasteiger partial charge in [-0.05, 0) is 35.5 Å². The summed E-state index contributed by atoms with van der Waals surface area (Å²) in [6.07, 6.45) is 8.52. The molecule has 0 bridgehead atoms. The molecular weight excluding hydrogens is 296 g/mol. The zero-order valence-electron chi connectivity index (χ0n) is 15.9. The fraction of sp³-hybridized carbons (Fsp3) is 0.714. The first-order chi connectivity index (χ1) is 10.9. The summed E-state index contributed by atoms with van der Waals surface area (Å²) in [6.45, 7) is 14.2. The maximum absolute atomic E-state index is 5.86. The Kier molecular flexibility index (Phi) is 6.20. The van der Waals surface area contributed by atoms with Crippen LogP contribution in [0.5, 0.6) is 0 Å². The van der Waals surface area contributed by atoms with Gasteiger partial charge in [-0.25, -0.2) is 0 Å². The van der Waals surface area contributed by atoms with Gasteiger partial charge in [-0.3, -0.25) is 0 Å². The Bertz CT molecular complexity index is 528. The summed E-state index contributed by atoms with van der Waals surface area (Å²) in [7, 11) is -1.64. The minimum Gasteiger partial charge on any atom is -0.468 e. The van der Waals surface area contributed by atoms with Gasteiger partial charge in [0.1, 0.15) is 20.1 Å². The summed E-state index contributed by atoms with van der Waals surface area (Å²) in [6, 6.07) is 2.21. The molecule has 0 unspecified atom stereocenters. The van der Waals surface area contributed by atoms with Crippen molar-refractivity contribution in [2.45, 2.75) is 96.2 Å². The molecule has 2 heteroatoms. The highest BCUT2D eigenvalue weighted by molar-refractivity contribution is 6.90. The van der Waals surface area contributed by atoms with Crippen LogP contribution in [0.3, 0.4) is 0 Å². The first-order valence-corrected chi connectivity index (χ1v) is 11.7. The van der Waals surface area contributed by atoms with Gasteiger partial charge in [-0.1, -0.05) is 66.7 Å². The molecule has 0 radical (unpaired) electrons. The third-order valence-corrected chi connectivity index (χ3v) is 12.2. The highest BCUT2D eigenvalue weighted by Gasteiger charge is 2.41. The molecule has 23 heavy (non-hydrogen) atoms. The maximum Gasteiger partial charge on any atom is 0.146 e. The Morgan fingerprint density at radius 2 is 1.52 bits per heavy atom. The van der Waals surface area contributed by atoms with Crippen LogP contribution in [-0.4, -0.2) is 8.07 Å². The molecule has 0 saturated heterocycles. The van der Waals surface area contributed by atoms with Crippen LogP contribution >= 0.6 is 0 Å². The van der Waals surface area contributed by atoms with E-state index in [1.807, 2.05) is 6.26 Å². The summed E-state index contributed by atoms with van der Waals surface area (Å²) in [5.74, 6) is 5.30. The normalized spacial score (nSPS) is 16.9. The van der Waals surface area contributed by atoms with Crippen molar-refractivity contribution in [3.05, 3.63) is 23.7 Å². The van der Waals surface area contributed by atoms with Crippen molar-refractivity contribution in [1.29, 1.82) is 0 Å². The van der Waals surface area contributed by atoms with E-state index in [0.29, 0.717) is 22.5 Å². The topological polar surface area (TPSA) is 13.1 Å². The second-order valence-corrected chi connectivity index (χ2v) is 13.8. The molecule has 0 N–H and O–H groups in total. The fourth-order valence-corrected chi connectivity index (χ4v) is 9.86. The van der Waals surface area contributed by atoms with Crippen LogP contribution in [0.2, 0.25) is 16.6 Å². The van der Waals surface area contributed by atoms with Crippen molar-refractivity contribution < 1.29 is 4.42 Å². The van der Waals surface area contributed by atoms with Gasteiger partial charge >= 0.3 is 0 Å². The molecule has 1 aromatic heterocycles. The van der Waals surface area contributed by atoms with Crippen molar-refractivity contribution in [1.82, 2.24) is 0 Å². The third-order valence-electron chi connectivity index (χ3n) is 5.92. The monoisotopic (exact) mass is 330 g/mol. The molecule has 1 saturated carbocycles. The van der Waals surface area contributed by atoms with E-state index in [4.69, 9.17) is 4.42 Å². The number of rotatable bonds is 4. The van der Waals surface area contributed by atoms with Crippen molar-refractivity contribution in [2.75, 3.05) is 0 Å². The zero-order valence-corrected chi connectivity index (χ0v) is 16.9. The largest absolute Gasteiger partial charge is 0.468 e. The summed E-state index contributed by atoms with van der Waals surface area (Å²) in [4.78, 5) is 0. The first kappa shape index (κ1) is 18.4. The minimum atomic E-state index is -1.64. The average molecular weight is 331 g/mol. The van der Waals surface area contributed by atoms with Crippen LogP contribution in [0.1, 0.15) is 90.9 Å². The second kappa shape index (κ2) is 7.75.